The van der Waals surface area contributed by atoms with Gasteiger partial charge >= 0.3 is 0 Å². The molecule has 1 saturated carbocycles. The number of halogens is 1. The molecular weight excluding hydrogens is 332 g/mol. The first-order valence-electron chi connectivity index (χ1n) is 6.43. The minimum Gasteiger partial charge on any atom is -0.360 e. The second-order valence-corrected chi connectivity index (χ2v) is 7.41. The van der Waals surface area contributed by atoms with Crippen LogP contribution in [0.2, 0.25) is 0 Å². The van der Waals surface area contributed by atoms with Crippen LogP contribution in [0.1, 0.15) is 43.6 Å². The molecule has 108 valence electrons. The van der Waals surface area contributed by atoms with Crippen LogP contribution in [0.15, 0.2) is 9.42 Å². The topological polar surface area (TPSA) is 72.2 Å². The molecular formula is C12H19BrN2O3S. The van der Waals surface area contributed by atoms with E-state index in [0.29, 0.717) is 16.8 Å². The molecule has 0 spiro atoms. The molecule has 1 aliphatic carbocycles. The van der Waals surface area contributed by atoms with Crippen molar-refractivity contribution >= 4 is 26.0 Å². The van der Waals surface area contributed by atoms with Crippen LogP contribution in [0, 0.1) is 13.8 Å². The van der Waals surface area contributed by atoms with Crippen molar-refractivity contribution in [1.82, 2.24) is 9.88 Å². The van der Waals surface area contributed by atoms with E-state index in [2.05, 4.69) is 25.8 Å². The minimum absolute atomic E-state index is 0.179. The molecule has 1 fully saturated rings. The fourth-order valence-electron chi connectivity index (χ4n) is 2.69. The Kier molecular flexibility index (Phi) is 4.37. The first-order chi connectivity index (χ1) is 8.90. The zero-order chi connectivity index (χ0) is 14.1. The summed E-state index contributed by atoms with van der Waals surface area (Å²) in [6.07, 6.45) is 4.99. The number of hydrogen-bond acceptors (Lipinski definition) is 4. The second-order valence-electron chi connectivity index (χ2n) is 5.23. The fraction of sp³-hybridized carbons (Fsp3) is 0.750. The molecule has 7 heteroatoms. The zero-order valence-corrected chi connectivity index (χ0v) is 13.6. The summed E-state index contributed by atoms with van der Waals surface area (Å²) in [5, 5.41) is 4.35. The number of nitrogens with one attached hydrogen (secondary N) is 1. The lowest BCUT2D eigenvalue weighted by Crippen LogP contribution is -2.51. The van der Waals surface area contributed by atoms with Crippen LogP contribution >= 0.6 is 15.9 Å². The molecule has 2 rings (SSSR count). The molecule has 1 N–H and O–H groups in total. The lowest BCUT2D eigenvalue weighted by Gasteiger charge is -2.36. The van der Waals surface area contributed by atoms with Crippen LogP contribution in [0.4, 0.5) is 0 Å². The highest BCUT2D eigenvalue weighted by Crippen LogP contribution is 2.32. The predicted octanol–water partition coefficient (Wildman–Crippen LogP) is 2.67. The van der Waals surface area contributed by atoms with Gasteiger partial charge in [0.15, 0.2) is 5.76 Å². The van der Waals surface area contributed by atoms with Gasteiger partial charge in [-0.25, -0.2) is 13.1 Å². The average molecular weight is 351 g/mol. The molecule has 1 aromatic rings. The highest BCUT2D eigenvalue weighted by molar-refractivity contribution is 9.09. The Hall–Kier alpha value is -0.400. The van der Waals surface area contributed by atoms with Crippen LogP contribution in [0.25, 0.3) is 0 Å². The quantitative estimate of drug-likeness (QED) is 0.847. The third-order valence-electron chi connectivity index (χ3n) is 3.65. The molecule has 0 atom stereocenters. The Morgan fingerprint density at radius 1 is 1.32 bits per heavy atom. The van der Waals surface area contributed by atoms with Crippen molar-refractivity contribution < 1.29 is 12.9 Å². The molecule has 0 aliphatic heterocycles. The molecule has 1 aromatic heterocycles. The molecule has 0 bridgehead atoms. The third-order valence-corrected chi connectivity index (χ3v) is 6.55. The van der Waals surface area contributed by atoms with E-state index in [1.54, 1.807) is 13.8 Å². The Morgan fingerprint density at radius 3 is 2.42 bits per heavy atom. The lowest BCUT2D eigenvalue weighted by molar-refractivity contribution is 0.301. The summed E-state index contributed by atoms with van der Waals surface area (Å²) in [5.41, 5.74) is 0.0262. The molecule has 19 heavy (non-hydrogen) atoms. The van der Waals surface area contributed by atoms with Gasteiger partial charge in [0.25, 0.3) is 0 Å². The SMILES string of the molecule is Cc1noc(C)c1S(=O)(=O)NC1(CBr)CCCCC1. The Balaban J connectivity index is 2.30. The van der Waals surface area contributed by atoms with Gasteiger partial charge in [-0.1, -0.05) is 40.3 Å². The van der Waals surface area contributed by atoms with E-state index in [-0.39, 0.29) is 10.4 Å². The zero-order valence-electron chi connectivity index (χ0n) is 11.2. The molecule has 0 unspecified atom stereocenters. The van der Waals surface area contributed by atoms with Crippen LogP contribution < -0.4 is 4.72 Å². The molecule has 0 saturated heterocycles. The summed E-state index contributed by atoms with van der Waals surface area (Å²) < 4.78 is 32.9. The van der Waals surface area contributed by atoms with Gasteiger partial charge in [-0.3, -0.25) is 0 Å². The standard InChI is InChI=1S/C12H19BrN2O3S/c1-9-11(10(2)18-14-9)19(16,17)15-12(8-13)6-4-3-5-7-12/h15H,3-8H2,1-2H3. The summed E-state index contributed by atoms with van der Waals surface area (Å²) in [6.45, 7) is 3.27. The summed E-state index contributed by atoms with van der Waals surface area (Å²) in [5.74, 6) is 0.338. The smallest absolute Gasteiger partial charge is 0.246 e. The number of rotatable bonds is 4. The largest absolute Gasteiger partial charge is 0.360 e. The maximum absolute atomic E-state index is 12.5. The van der Waals surface area contributed by atoms with E-state index < -0.39 is 10.0 Å². The molecule has 0 aromatic carbocycles. The van der Waals surface area contributed by atoms with E-state index in [1.165, 1.54) is 6.42 Å². The molecule has 0 radical (unpaired) electrons. The molecule has 1 aliphatic rings. The number of aromatic nitrogens is 1. The van der Waals surface area contributed by atoms with Gasteiger partial charge in [-0.2, -0.15) is 0 Å². The monoisotopic (exact) mass is 350 g/mol. The van der Waals surface area contributed by atoms with Gasteiger partial charge in [0.05, 0.1) is 0 Å². The Labute approximate surface area is 122 Å². The predicted molar refractivity (Wildman–Crippen MR) is 75.9 cm³/mol. The first kappa shape index (κ1) is 15.0. The van der Waals surface area contributed by atoms with E-state index >= 15 is 0 Å². The van der Waals surface area contributed by atoms with Crippen molar-refractivity contribution in [1.29, 1.82) is 0 Å². The Bertz CT molecular complexity index is 528. The summed E-state index contributed by atoms with van der Waals surface area (Å²) in [6, 6.07) is 0. The highest BCUT2D eigenvalue weighted by atomic mass is 79.9. The van der Waals surface area contributed by atoms with Gasteiger partial charge in [0.1, 0.15) is 10.6 Å². The lowest BCUT2D eigenvalue weighted by atomic mass is 9.84. The van der Waals surface area contributed by atoms with Crippen LogP contribution in [-0.4, -0.2) is 24.4 Å². The molecule has 0 amide bonds. The molecule has 5 nitrogen and oxygen atoms in total. The third kappa shape index (κ3) is 3.03. The van der Waals surface area contributed by atoms with E-state index in [0.717, 1.165) is 25.7 Å². The van der Waals surface area contributed by atoms with E-state index in [4.69, 9.17) is 4.52 Å². The van der Waals surface area contributed by atoms with E-state index in [9.17, 15) is 8.42 Å². The van der Waals surface area contributed by atoms with Gasteiger partial charge in [-0.15, -0.1) is 0 Å². The van der Waals surface area contributed by atoms with Gasteiger partial charge < -0.3 is 4.52 Å². The normalized spacial score (nSPS) is 19.5. The number of hydrogen-bond donors (Lipinski definition) is 1. The van der Waals surface area contributed by atoms with Crippen molar-refractivity contribution in [3.8, 4) is 0 Å². The highest BCUT2D eigenvalue weighted by Gasteiger charge is 2.37. The number of sulfonamides is 1. The van der Waals surface area contributed by atoms with Crippen LogP contribution in [-0.2, 0) is 10.0 Å². The first-order valence-corrected chi connectivity index (χ1v) is 9.03. The van der Waals surface area contributed by atoms with Gasteiger partial charge in [0, 0.05) is 10.9 Å². The maximum Gasteiger partial charge on any atom is 0.246 e. The van der Waals surface area contributed by atoms with Crippen molar-refractivity contribution in [2.75, 3.05) is 5.33 Å². The Morgan fingerprint density at radius 2 is 1.95 bits per heavy atom. The fourth-order valence-corrected chi connectivity index (χ4v) is 5.36. The van der Waals surface area contributed by atoms with Crippen molar-refractivity contribution in [3.63, 3.8) is 0 Å². The number of nitrogens with zero attached hydrogens (tertiary/aromatic N) is 1. The summed E-state index contributed by atoms with van der Waals surface area (Å²) in [4.78, 5) is 0.179. The number of aryl methyl sites for hydroxylation is 2. The number of alkyl halides is 1. The molecule has 1 heterocycles. The maximum atomic E-state index is 12.5. The van der Waals surface area contributed by atoms with E-state index in [1.807, 2.05) is 0 Å². The van der Waals surface area contributed by atoms with Crippen LogP contribution in [0.3, 0.4) is 0 Å². The van der Waals surface area contributed by atoms with Crippen LogP contribution in [0.5, 0.6) is 0 Å². The average Bonchev–Trinajstić information content (AvgIpc) is 2.70. The minimum atomic E-state index is -3.58. The van der Waals surface area contributed by atoms with Gasteiger partial charge in [-0.05, 0) is 26.7 Å². The van der Waals surface area contributed by atoms with Crippen molar-refractivity contribution in [2.24, 2.45) is 0 Å². The second kappa shape index (κ2) is 5.54. The summed E-state index contributed by atoms with van der Waals surface area (Å²) >= 11 is 3.46. The van der Waals surface area contributed by atoms with Gasteiger partial charge in [0.2, 0.25) is 10.0 Å². The van der Waals surface area contributed by atoms with Crippen molar-refractivity contribution in [3.05, 3.63) is 11.5 Å². The summed E-state index contributed by atoms with van der Waals surface area (Å²) in [7, 11) is -3.58. The van der Waals surface area contributed by atoms with Crippen molar-refractivity contribution in [2.45, 2.75) is 56.4 Å².